The van der Waals surface area contributed by atoms with E-state index >= 15 is 0 Å². The second-order valence-electron chi connectivity index (χ2n) is 8.09. The number of nitrogens with one attached hydrogen (secondary N) is 2. The smallest absolute Gasteiger partial charge is 0.408 e. The normalized spacial score (nSPS) is 12.1. The van der Waals surface area contributed by atoms with Gasteiger partial charge in [-0.25, -0.2) is 9.59 Å². The molecule has 8 nitrogen and oxygen atoms in total. The summed E-state index contributed by atoms with van der Waals surface area (Å²) < 4.78 is 15.5. The Morgan fingerprint density at radius 1 is 0.722 bits per heavy atom. The van der Waals surface area contributed by atoms with Crippen LogP contribution in [0.25, 0.3) is 0 Å². The predicted octanol–water partition coefficient (Wildman–Crippen LogP) is 3.43. The van der Waals surface area contributed by atoms with Gasteiger partial charge in [-0.05, 0) is 28.8 Å². The number of amides is 2. The molecule has 0 aliphatic rings. The fourth-order valence-electron chi connectivity index (χ4n) is 3.61. The molecule has 8 heteroatoms. The van der Waals surface area contributed by atoms with Crippen molar-refractivity contribution in [3.8, 4) is 5.75 Å². The van der Waals surface area contributed by atoms with Gasteiger partial charge in [0.2, 0.25) is 5.91 Å². The highest BCUT2D eigenvalue weighted by Crippen LogP contribution is 2.15. The predicted molar refractivity (Wildman–Crippen MR) is 134 cm³/mol. The molecule has 2 amide bonds. The summed E-state index contributed by atoms with van der Waals surface area (Å²) in [5, 5.41) is 5.36. The minimum Gasteiger partial charge on any atom is -0.497 e. The highest BCUT2D eigenvalue weighted by Gasteiger charge is 2.28. The first-order chi connectivity index (χ1) is 17.5. The molecular formula is C28H30N2O6. The van der Waals surface area contributed by atoms with E-state index in [1.54, 1.807) is 25.3 Å². The van der Waals surface area contributed by atoms with Gasteiger partial charge >= 0.3 is 12.1 Å². The molecular weight excluding hydrogens is 460 g/mol. The van der Waals surface area contributed by atoms with Crippen molar-refractivity contribution in [3.63, 3.8) is 0 Å². The summed E-state index contributed by atoms with van der Waals surface area (Å²) in [6.07, 6.45) is -0.343. The maximum atomic E-state index is 13.3. The lowest BCUT2D eigenvalue weighted by Gasteiger charge is -2.22. The van der Waals surface area contributed by atoms with Crippen molar-refractivity contribution >= 4 is 18.0 Å². The molecule has 36 heavy (non-hydrogen) atoms. The van der Waals surface area contributed by atoms with E-state index in [9.17, 15) is 14.4 Å². The average Bonchev–Trinajstić information content (AvgIpc) is 2.92. The lowest BCUT2D eigenvalue weighted by Crippen LogP contribution is -2.53. The Hall–Kier alpha value is -4.33. The molecule has 0 bridgehead atoms. The number of ether oxygens (including phenoxy) is 3. The third kappa shape index (κ3) is 8.16. The van der Waals surface area contributed by atoms with E-state index in [2.05, 4.69) is 10.6 Å². The Bertz CT molecular complexity index is 1140. The number of hydrogen-bond acceptors (Lipinski definition) is 6. The van der Waals surface area contributed by atoms with Crippen molar-refractivity contribution in [3.05, 3.63) is 102 Å². The quantitative estimate of drug-likeness (QED) is 0.399. The fraction of sp³-hybridized carbons (Fsp3) is 0.250. The molecule has 2 atom stereocenters. The molecule has 2 N–H and O–H groups in total. The van der Waals surface area contributed by atoms with Crippen LogP contribution in [0.4, 0.5) is 4.79 Å². The Morgan fingerprint density at radius 3 is 1.97 bits per heavy atom. The molecule has 3 aromatic rings. The van der Waals surface area contributed by atoms with Gasteiger partial charge in [0.1, 0.15) is 24.4 Å². The zero-order valence-electron chi connectivity index (χ0n) is 20.3. The topological polar surface area (TPSA) is 103 Å². The molecule has 0 aliphatic carbocycles. The molecule has 188 valence electrons. The highest BCUT2D eigenvalue weighted by atomic mass is 16.5. The molecule has 0 fully saturated rings. The highest BCUT2D eigenvalue weighted by molar-refractivity contribution is 5.90. The number of alkyl carbamates (subject to hydrolysis) is 1. The van der Waals surface area contributed by atoms with Crippen molar-refractivity contribution in [2.24, 2.45) is 0 Å². The van der Waals surface area contributed by atoms with Gasteiger partial charge in [-0.1, -0.05) is 72.8 Å². The van der Waals surface area contributed by atoms with Crippen LogP contribution in [0.15, 0.2) is 84.9 Å². The lowest BCUT2D eigenvalue weighted by molar-refractivity contribution is -0.145. The number of hydrogen-bond donors (Lipinski definition) is 2. The summed E-state index contributed by atoms with van der Waals surface area (Å²) >= 11 is 0. The zero-order chi connectivity index (χ0) is 25.8. The van der Waals surface area contributed by atoms with E-state index < -0.39 is 30.1 Å². The Balaban J connectivity index is 1.72. The SMILES string of the molecule is COC(=O)[C@H](Cc1cccc(OC)c1)NC(=O)[C@@H](Cc1ccccc1)NC(=O)OCc1ccccc1. The third-order valence-corrected chi connectivity index (χ3v) is 5.48. The number of carbonyl (C=O) groups excluding carboxylic acids is 3. The second kappa shape index (κ2) is 13.5. The monoisotopic (exact) mass is 490 g/mol. The van der Waals surface area contributed by atoms with E-state index in [-0.39, 0.29) is 19.4 Å². The van der Waals surface area contributed by atoms with Crippen LogP contribution in [0.5, 0.6) is 5.75 Å². The standard InChI is InChI=1S/C28H30N2O6/c1-34-23-15-9-14-22(16-23)18-25(27(32)35-2)29-26(31)24(17-20-10-5-3-6-11-20)30-28(33)36-19-21-12-7-4-8-13-21/h3-16,24-25H,17-19H2,1-2H3,(H,29,31)(H,30,33)/t24-,25+/m1/s1. The number of benzene rings is 3. The molecule has 3 rings (SSSR count). The number of carbonyl (C=O) groups is 3. The van der Waals surface area contributed by atoms with E-state index in [0.29, 0.717) is 5.75 Å². The maximum Gasteiger partial charge on any atom is 0.408 e. The van der Waals surface area contributed by atoms with Crippen LogP contribution >= 0.6 is 0 Å². The average molecular weight is 491 g/mol. The van der Waals surface area contributed by atoms with Crippen LogP contribution in [0.3, 0.4) is 0 Å². The van der Waals surface area contributed by atoms with Crippen molar-refractivity contribution < 1.29 is 28.6 Å². The van der Waals surface area contributed by atoms with Gasteiger partial charge in [-0.3, -0.25) is 4.79 Å². The largest absolute Gasteiger partial charge is 0.497 e. The zero-order valence-corrected chi connectivity index (χ0v) is 20.3. The van der Waals surface area contributed by atoms with Gasteiger partial charge in [0, 0.05) is 12.8 Å². The van der Waals surface area contributed by atoms with Crippen molar-refractivity contribution in [1.82, 2.24) is 10.6 Å². The number of esters is 1. The van der Waals surface area contributed by atoms with Gasteiger partial charge in [-0.2, -0.15) is 0 Å². The van der Waals surface area contributed by atoms with E-state index in [1.165, 1.54) is 7.11 Å². The van der Waals surface area contributed by atoms with E-state index in [0.717, 1.165) is 16.7 Å². The molecule has 0 radical (unpaired) electrons. The van der Waals surface area contributed by atoms with Gasteiger partial charge < -0.3 is 24.8 Å². The van der Waals surface area contributed by atoms with Crippen LogP contribution in [-0.4, -0.2) is 44.3 Å². The molecule has 0 heterocycles. The summed E-state index contributed by atoms with van der Waals surface area (Å²) in [6.45, 7) is 0.0625. The molecule has 0 aromatic heterocycles. The van der Waals surface area contributed by atoms with Crippen molar-refractivity contribution in [2.45, 2.75) is 31.5 Å². The summed E-state index contributed by atoms with van der Waals surface area (Å²) in [4.78, 5) is 38.3. The van der Waals surface area contributed by atoms with Crippen LogP contribution in [0, 0.1) is 0 Å². The first kappa shape index (κ1) is 26.3. The number of methoxy groups -OCH3 is 2. The summed E-state index contributed by atoms with van der Waals surface area (Å²) in [5.74, 6) is -0.502. The maximum absolute atomic E-state index is 13.3. The van der Waals surface area contributed by atoms with Crippen molar-refractivity contribution in [1.29, 1.82) is 0 Å². The molecule has 0 aliphatic heterocycles. The van der Waals surface area contributed by atoms with E-state index in [4.69, 9.17) is 14.2 Å². The molecule has 0 saturated heterocycles. The Kier molecular flexibility index (Phi) is 9.88. The molecule has 0 spiro atoms. The molecule has 0 unspecified atom stereocenters. The second-order valence-corrected chi connectivity index (χ2v) is 8.09. The number of rotatable bonds is 11. The Morgan fingerprint density at radius 2 is 1.33 bits per heavy atom. The van der Waals surface area contributed by atoms with Crippen LogP contribution in [0.1, 0.15) is 16.7 Å². The summed E-state index contributed by atoms with van der Waals surface area (Å²) in [7, 11) is 2.81. The van der Waals surface area contributed by atoms with Gasteiger partial charge in [0.05, 0.1) is 14.2 Å². The van der Waals surface area contributed by atoms with E-state index in [1.807, 2.05) is 66.7 Å². The first-order valence-corrected chi connectivity index (χ1v) is 11.5. The third-order valence-electron chi connectivity index (χ3n) is 5.48. The first-order valence-electron chi connectivity index (χ1n) is 11.5. The van der Waals surface area contributed by atoms with Crippen LogP contribution in [-0.2, 0) is 38.5 Å². The van der Waals surface area contributed by atoms with Crippen LogP contribution < -0.4 is 15.4 Å². The van der Waals surface area contributed by atoms with Gasteiger partial charge in [-0.15, -0.1) is 0 Å². The minimum atomic E-state index is -0.979. The van der Waals surface area contributed by atoms with Gasteiger partial charge in [0.15, 0.2) is 0 Å². The van der Waals surface area contributed by atoms with Crippen LogP contribution in [0.2, 0.25) is 0 Å². The fourth-order valence-corrected chi connectivity index (χ4v) is 3.61. The minimum absolute atomic E-state index is 0.0625. The van der Waals surface area contributed by atoms with Gasteiger partial charge in [0.25, 0.3) is 0 Å². The Labute approximate surface area is 210 Å². The molecule has 3 aromatic carbocycles. The summed E-state index contributed by atoms with van der Waals surface area (Å²) in [5.41, 5.74) is 2.43. The summed E-state index contributed by atoms with van der Waals surface area (Å²) in [6, 6.07) is 23.7. The lowest BCUT2D eigenvalue weighted by atomic mass is 10.0. The molecule has 0 saturated carbocycles. The van der Waals surface area contributed by atoms with Crippen molar-refractivity contribution in [2.75, 3.05) is 14.2 Å².